The second-order valence-corrected chi connectivity index (χ2v) is 16.6. The van der Waals surface area contributed by atoms with Gasteiger partial charge in [-0.3, -0.25) is 9.59 Å². The summed E-state index contributed by atoms with van der Waals surface area (Å²) < 4.78 is 31.5. The van der Waals surface area contributed by atoms with Gasteiger partial charge in [0.1, 0.15) is 42.4 Å². The molecule has 0 aromatic carbocycles. The number of carboxylic acids is 1. The van der Waals surface area contributed by atoms with Crippen molar-refractivity contribution >= 4 is 11.9 Å². The highest BCUT2D eigenvalue weighted by molar-refractivity contribution is 5.71. The number of rotatable bonds is 7. The number of hydrogen-bond donors (Lipinski definition) is 4. The molecule has 0 aliphatic carbocycles. The van der Waals surface area contributed by atoms with Crippen LogP contribution in [0.15, 0.2) is 96.4 Å². The summed E-state index contributed by atoms with van der Waals surface area (Å²) in [6, 6.07) is 0. The summed E-state index contributed by atoms with van der Waals surface area (Å²) in [5, 5.41) is 41.7. The van der Waals surface area contributed by atoms with E-state index in [1.807, 2.05) is 68.5 Å². The van der Waals surface area contributed by atoms with Crippen LogP contribution in [-0.4, -0.2) is 99.5 Å². The minimum Gasteiger partial charge on any atom is -0.491 e. The lowest BCUT2D eigenvalue weighted by Gasteiger charge is -2.40. The fourth-order valence-electron chi connectivity index (χ4n) is 8.29. The predicted molar refractivity (Wildman–Crippen MR) is 221 cm³/mol. The molecule has 4 N–H and O–H groups in total. The first-order valence-corrected chi connectivity index (χ1v) is 21.4. The number of esters is 1. The number of aliphatic hydroxyl groups excluding tert-OH is 3. The van der Waals surface area contributed by atoms with E-state index < -0.39 is 42.6 Å². The molecule has 0 radical (unpaired) electrons. The molecule has 3 saturated heterocycles. The van der Waals surface area contributed by atoms with Crippen molar-refractivity contribution in [2.45, 2.75) is 165 Å². The average molecular weight is 807 g/mol. The van der Waals surface area contributed by atoms with Crippen molar-refractivity contribution < 1.29 is 53.7 Å². The summed E-state index contributed by atoms with van der Waals surface area (Å²) in [5.74, 6) is -0.206. The van der Waals surface area contributed by atoms with Crippen LogP contribution in [0.5, 0.6) is 0 Å². The zero-order chi connectivity index (χ0) is 41.6. The Kier molecular flexibility index (Phi) is 17.8. The summed E-state index contributed by atoms with van der Waals surface area (Å²) in [5.41, 5.74) is 0.957. The van der Waals surface area contributed by atoms with Crippen molar-refractivity contribution in [1.82, 2.24) is 0 Å². The van der Waals surface area contributed by atoms with Crippen LogP contribution in [0.3, 0.4) is 0 Å². The minimum absolute atomic E-state index is 0.0200. The summed E-state index contributed by atoms with van der Waals surface area (Å²) in [7, 11) is 0. The van der Waals surface area contributed by atoms with Gasteiger partial charge in [0.15, 0.2) is 0 Å². The molecule has 0 aromatic heterocycles. The Morgan fingerprint density at radius 2 is 1.62 bits per heavy atom. The molecule has 7 bridgehead atoms. The number of allylic oxidation sites excluding steroid dienone is 7. The van der Waals surface area contributed by atoms with Crippen molar-refractivity contribution in [2.75, 3.05) is 0 Å². The zero-order valence-electron chi connectivity index (χ0n) is 34.6. The monoisotopic (exact) mass is 806 g/mol. The highest BCUT2D eigenvalue weighted by Gasteiger charge is 2.44. The van der Waals surface area contributed by atoms with E-state index in [-0.39, 0.29) is 73.5 Å². The SMILES string of the molecule is C/C(=C\[C@H](C)CCCCC(=O)O)[C@@H]1O[C@@H]2C=C[C@H]1OC(=O)C/C=C/C=C/C=C1/O[C@@H]3C[C@H]1O[C@@H](/C=C/C[C@H]1O[C@H](C[C@H](O)[C@H]1C)[C@@H](O)[C@@H](O)/C=C/CC/C=C/C2)[C@@H]3C. The molecule has 320 valence electrons. The summed E-state index contributed by atoms with van der Waals surface area (Å²) >= 11 is 0. The first kappa shape index (κ1) is 45.5. The van der Waals surface area contributed by atoms with E-state index >= 15 is 0 Å². The third-order valence-electron chi connectivity index (χ3n) is 11.9. The Labute approximate surface area is 344 Å². The Bertz CT molecular complexity index is 1590. The molecule has 3 fully saturated rings. The minimum atomic E-state index is -1.18. The maximum atomic E-state index is 13.0. The van der Waals surface area contributed by atoms with E-state index in [0.717, 1.165) is 37.0 Å². The normalized spacial score (nSPS) is 40.8. The van der Waals surface area contributed by atoms with E-state index in [1.54, 1.807) is 12.2 Å². The molecule has 6 aliphatic rings. The molecular formula is C47H66O11. The Morgan fingerprint density at radius 3 is 2.43 bits per heavy atom. The zero-order valence-corrected chi connectivity index (χ0v) is 34.6. The van der Waals surface area contributed by atoms with E-state index in [9.17, 15) is 24.9 Å². The Hall–Kier alpha value is -3.58. The molecule has 6 heterocycles. The molecule has 14 atom stereocenters. The lowest BCUT2D eigenvalue weighted by atomic mass is 9.86. The fraction of sp³-hybridized carbons (Fsp3) is 0.617. The van der Waals surface area contributed by atoms with Gasteiger partial charge in [0, 0.05) is 31.1 Å². The highest BCUT2D eigenvalue weighted by atomic mass is 16.6. The summed E-state index contributed by atoms with van der Waals surface area (Å²) in [4.78, 5) is 24.0. The maximum Gasteiger partial charge on any atom is 0.310 e. The lowest BCUT2D eigenvalue weighted by molar-refractivity contribution is -0.175. The molecule has 0 unspecified atom stereocenters. The number of carbonyl (C=O) groups is 2. The van der Waals surface area contributed by atoms with Crippen LogP contribution in [-0.2, 0) is 33.3 Å². The standard InChI is InChI=1S/C47H66O11/c1-30(17-14-15-23-44(50)51)27-31(2)47-40-26-25-34(54-47)18-10-6-5-7-11-19-35(48)46(53)43-28-36(49)32(3)37(56-43)21-16-22-38-33(4)41-29-42(55-38)39(57-41)20-12-8-9-13-24-45(52)58-40/h6,8-13,16,19-20,22,25-27,30,32-38,40-43,46-49,53H,5,7,14-15,17-18,21,23-24,28-29H2,1-4H3,(H,50,51)/b10-6+,12-8+,13-9+,19-11+,22-16+,31-27+,39-20+/t30-,32-,33+,34+,35+,36+,37-,38+,40-,41-,42-,43-,46+,47+/m1/s1. The van der Waals surface area contributed by atoms with E-state index in [1.165, 1.54) is 0 Å². The second kappa shape index (κ2) is 22.7. The number of fused-ring (bicyclic) bond motifs is 14. The van der Waals surface area contributed by atoms with Crippen molar-refractivity contribution in [2.24, 2.45) is 17.8 Å². The first-order valence-electron chi connectivity index (χ1n) is 21.4. The van der Waals surface area contributed by atoms with Crippen LogP contribution in [0.1, 0.15) is 98.3 Å². The smallest absolute Gasteiger partial charge is 0.310 e. The molecule has 6 rings (SSSR count). The quantitative estimate of drug-likeness (QED) is 0.118. The van der Waals surface area contributed by atoms with Gasteiger partial charge in [-0.15, -0.1) is 0 Å². The number of ether oxygens (including phenoxy) is 5. The number of hydrogen-bond acceptors (Lipinski definition) is 10. The number of aliphatic hydroxyl groups is 3. The lowest BCUT2D eigenvalue weighted by Crippen LogP contribution is -2.50. The van der Waals surface area contributed by atoms with Crippen LogP contribution < -0.4 is 0 Å². The third-order valence-corrected chi connectivity index (χ3v) is 11.9. The predicted octanol–water partition coefficient (Wildman–Crippen LogP) is 7.15. The van der Waals surface area contributed by atoms with Crippen molar-refractivity contribution in [3.63, 3.8) is 0 Å². The largest absolute Gasteiger partial charge is 0.491 e. The molecule has 6 aliphatic heterocycles. The van der Waals surface area contributed by atoms with Crippen molar-refractivity contribution in [3.05, 3.63) is 96.4 Å². The Morgan fingerprint density at radius 1 is 0.810 bits per heavy atom. The van der Waals surface area contributed by atoms with Crippen LogP contribution in [0.4, 0.5) is 0 Å². The molecular weight excluding hydrogens is 741 g/mol. The van der Waals surface area contributed by atoms with Crippen LogP contribution >= 0.6 is 0 Å². The van der Waals surface area contributed by atoms with Crippen LogP contribution in [0.25, 0.3) is 0 Å². The van der Waals surface area contributed by atoms with E-state index in [2.05, 4.69) is 32.1 Å². The number of unbranched alkanes of at least 4 members (excludes halogenated alkanes) is 1. The van der Waals surface area contributed by atoms with Gasteiger partial charge >= 0.3 is 11.9 Å². The molecule has 0 saturated carbocycles. The van der Waals surface area contributed by atoms with Gasteiger partial charge in [0.05, 0.1) is 36.9 Å². The first-order chi connectivity index (χ1) is 27.9. The number of aliphatic carboxylic acids is 1. The van der Waals surface area contributed by atoms with Gasteiger partial charge in [-0.25, -0.2) is 0 Å². The average Bonchev–Trinajstić information content (AvgIpc) is 3.54. The second-order valence-electron chi connectivity index (χ2n) is 16.6. The van der Waals surface area contributed by atoms with Crippen LogP contribution in [0.2, 0.25) is 0 Å². The van der Waals surface area contributed by atoms with E-state index in [4.69, 9.17) is 28.8 Å². The van der Waals surface area contributed by atoms with Gasteiger partial charge < -0.3 is 44.1 Å². The summed E-state index contributed by atoms with van der Waals surface area (Å²) in [6.45, 7) is 8.15. The third kappa shape index (κ3) is 13.5. The van der Waals surface area contributed by atoms with Gasteiger partial charge in [0.25, 0.3) is 0 Å². The highest BCUT2D eigenvalue weighted by Crippen LogP contribution is 2.40. The van der Waals surface area contributed by atoms with Crippen molar-refractivity contribution in [3.8, 4) is 0 Å². The van der Waals surface area contributed by atoms with Gasteiger partial charge in [0.2, 0.25) is 0 Å². The van der Waals surface area contributed by atoms with Gasteiger partial charge in [-0.1, -0.05) is 100 Å². The fourth-order valence-corrected chi connectivity index (χ4v) is 8.29. The van der Waals surface area contributed by atoms with Crippen LogP contribution in [0, 0.1) is 17.8 Å². The number of carbonyl (C=O) groups excluding carboxylic acids is 1. The Balaban J connectivity index is 1.29. The van der Waals surface area contributed by atoms with Gasteiger partial charge in [-0.05, 0) is 69.1 Å². The van der Waals surface area contributed by atoms with Gasteiger partial charge in [-0.2, -0.15) is 0 Å². The molecule has 58 heavy (non-hydrogen) atoms. The molecule has 0 amide bonds. The topological polar surface area (TPSA) is 161 Å². The van der Waals surface area contributed by atoms with Crippen molar-refractivity contribution in [1.29, 1.82) is 0 Å². The van der Waals surface area contributed by atoms with E-state index in [0.29, 0.717) is 25.7 Å². The maximum absolute atomic E-state index is 13.0. The molecule has 11 heteroatoms. The summed E-state index contributed by atoms with van der Waals surface area (Å²) in [6.07, 6.45) is 27.3. The molecule has 0 spiro atoms. The number of carboxylic acid groups (broad SMARTS) is 1. The molecule has 0 aromatic rings. The molecule has 11 nitrogen and oxygen atoms in total.